The molecule has 24 heavy (non-hydrogen) atoms. The third-order valence-corrected chi connectivity index (χ3v) is 3.82. The Bertz CT molecular complexity index is 909. The van der Waals surface area contributed by atoms with Crippen LogP contribution in [-0.2, 0) is 11.3 Å². The van der Waals surface area contributed by atoms with Gasteiger partial charge < -0.3 is 4.74 Å². The van der Waals surface area contributed by atoms with E-state index in [9.17, 15) is 13.6 Å². The second kappa shape index (κ2) is 6.57. The van der Waals surface area contributed by atoms with Gasteiger partial charge in [-0.15, -0.1) is 0 Å². The largest absolute Gasteiger partial charge is 0.465 e. The van der Waals surface area contributed by atoms with Gasteiger partial charge in [-0.2, -0.15) is 5.10 Å². The fourth-order valence-electron chi connectivity index (χ4n) is 2.54. The predicted octanol–water partition coefficient (Wildman–Crippen LogP) is 4.41. The summed E-state index contributed by atoms with van der Waals surface area (Å²) in [5.74, 6) is -0.504. The van der Waals surface area contributed by atoms with Crippen molar-refractivity contribution >= 4 is 28.5 Å². The number of ether oxygens (including phenoxy) is 1. The Hall–Kier alpha value is -2.47. The number of alkyl halides is 2. The summed E-state index contributed by atoms with van der Waals surface area (Å²) in [4.78, 5) is 11.8. The van der Waals surface area contributed by atoms with E-state index in [1.165, 1.54) is 17.9 Å². The molecule has 1 heterocycles. The molecule has 0 fully saturated rings. The van der Waals surface area contributed by atoms with E-state index < -0.39 is 18.9 Å². The second-order valence-corrected chi connectivity index (χ2v) is 5.59. The third kappa shape index (κ3) is 3.10. The van der Waals surface area contributed by atoms with Gasteiger partial charge in [0.25, 0.3) is 6.43 Å². The fourth-order valence-corrected chi connectivity index (χ4v) is 2.73. The summed E-state index contributed by atoms with van der Waals surface area (Å²) in [6.45, 7) is -0.533. The Kier molecular flexibility index (Phi) is 4.49. The second-order valence-electron chi connectivity index (χ2n) is 5.16. The van der Waals surface area contributed by atoms with Crippen LogP contribution in [0.25, 0.3) is 22.2 Å². The molecular formula is C17H13ClF2N2O2. The van der Waals surface area contributed by atoms with Crippen molar-refractivity contribution in [3.63, 3.8) is 0 Å². The minimum Gasteiger partial charge on any atom is -0.465 e. The summed E-state index contributed by atoms with van der Waals surface area (Å²) in [6.07, 6.45) is -2.54. The van der Waals surface area contributed by atoms with Crippen LogP contribution in [0, 0.1) is 0 Å². The molecule has 0 aliphatic carbocycles. The monoisotopic (exact) mass is 350 g/mol. The lowest BCUT2D eigenvalue weighted by Crippen LogP contribution is -2.08. The number of nitrogens with zero attached hydrogens (tertiary/aromatic N) is 2. The molecule has 3 rings (SSSR count). The quantitative estimate of drug-likeness (QED) is 0.655. The lowest BCUT2D eigenvalue weighted by atomic mass is 10.1. The Balaban J connectivity index is 2.24. The van der Waals surface area contributed by atoms with Gasteiger partial charge >= 0.3 is 5.97 Å². The first-order valence-electron chi connectivity index (χ1n) is 7.12. The summed E-state index contributed by atoms with van der Waals surface area (Å²) in [5.41, 5.74) is 2.00. The maximum Gasteiger partial charge on any atom is 0.337 e. The molecule has 124 valence electrons. The Labute approximate surface area is 141 Å². The van der Waals surface area contributed by atoms with Crippen molar-refractivity contribution in [3.8, 4) is 11.3 Å². The maximum atomic E-state index is 12.8. The topological polar surface area (TPSA) is 44.1 Å². The highest BCUT2D eigenvalue weighted by atomic mass is 35.5. The summed E-state index contributed by atoms with van der Waals surface area (Å²) < 4.78 is 31.6. The maximum absolute atomic E-state index is 12.8. The van der Waals surface area contributed by atoms with Gasteiger partial charge in [0, 0.05) is 16.0 Å². The number of fused-ring (bicyclic) bond motifs is 1. The van der Waals surface area contributed by atoms with Crippen molar-refractivity contribution in [2.24, 2.45) is 0 Å². The Morgan fingerprint density at radius 3 is 2.75 bits per heavy atom. The molecule has 0 radical (unpaired) electrons. The standard InChI is InChI=1S/C17H13ClF2N2O2/c1-24-17(23)11-5-6-14-13(8-11)16(21-22(14)9-15(19)20)10-3-2-4-12(18)7-10/h2-8,15H,9H2,1H3. The van der Waals surface area contributed by atoms with E-state index in [-0.39, 0.29) is 0 Å². The minimum atomic E-state index is -2.54. The van der Waals surface area contributed by atoms with Gasteiger partial charge in [-0.05, 0) is 30.3 Å². The van der Waals surface area contributed by atoms with E-state index in [2.05, 4.69) is 5.10 Å². The van der Waals surface area contributed by atoms with E-state index in [4.69, 9.17) is 16.3 Å². The number of rotatable bonds is 4. The highest BCUT2D eigenvalue weighted by molar-refractivity contribution is 6.30. The number of hydrogen-bond donors (Lipinski definition) is 0. The molecule has 0 bridgehead atoms. The molecular weight excluding hydrogens is 338 g/mol. The normalized spacial score (nSPS) is 11.2. The van der Waals surface area contributed by atoms with Crippen LogP contribution in [-0.4, -0.2) is 29.3 Å². The van der Waals surface area contributed by atoms with Crippen molar-refractivity contribution in [3.05, 3.63) is 53.1 Å². The molecule has 7 heteroatoms. The van der Waals surface area contributed by atoms with Crippen LogP contribution in [0.4, 0.5) is 8.78 Å². The van der Waals surface area contributed by atoms with Crippen LogP contribution in [0.2, 0.25) is 5.02 Å². The number of benzene rings is 2. The van der Waals surface area contributed by atoms with Crippen LogP contribution >= 0.6 is 11.6 Å². The van der Waals surface area contributed by atoms with Crippen molar-refractivity contribution in [1.29, 1.82) is 0 Å². The molecule has 0 aliphatic heterocycles. The molecule has 0 aliphatic rings. The number of aromatic nitrogens is 2. The highest BCUT2D eigenvalue weighted by Crippen LogP contribution is 2.30. The smallest absolute Gasteiger partial charge is 0.337 e. The summed E-state index contributed by atoms with van der Waals surface area (Å²) in [7, 11) is 1.28. The zero-order valence-corrected chi connectivity index (χ0v) is 13.4. The molecule has 0 N–H and O–H groups in total. The van der Waals surface area contributed by atoms with E-state index in [0.29, 0.717) is 32.7 Å². The first-order valence-corrected chi connectivity index (χ1v) is 7.50. The average molecular weight is 351 g/mol. The van der Waals surface area contributed by atoms with Crippen molar-refractivity contribution in [2.45, 2.75) is 13.0 Å². The minimum absolute atomic E-state index is 0.324. The molecule has 0 saturated carbocycles. The predicted molar refractivity (Wildman–Crippen MR) is 87.5 cm³/mol. The van der Waals surface area contributed by atoms with Crippen LogP contribution < -0.4 is 0 Å². The third-order valence-electron chi connectivity index (χ3n) is 3.58. The number of methoxy groups -OCH3 is 1. The molecule has 0 atom stereocenters. The van der Waals surface area contributed by atoms with E-state index in [1.807, 2.05) is 0 Å². The van der Waals surface area contributed by atoms with Gasteiger partial charge in [0.15, 0.2) is 0 Å². The number of halogens is 3. The van der Waals surface area contributed by atoms with Crippen molar-refractivity contribution in [2.75, 3.05) is 7.11 Å². The molecule has 0 saturated heterocycles. The van der Waals surface area contributed by atoms with Gasteiger partial charge in [0.2, 0.25) is 0 Å². The zero-order valence-electron chi connectivity index (χ0n) is 12.7. The lowest BCUT2D eigenvalue weighted by Gasteiger charge is -2.03. The van der Waals surface area contributed by atoms with Gasteiger partial charge in [0.05, 0.1) is 18.2 Å². The van der Waals surface area contributed by atoms with E-state index in [0.717, 1.165) is 0 Å². The first kappa shape index (κ1) is 16.4. The summed E-state index contributed by atoms with van der Waals surface area (Å²) in [5, 5.41) is 5.38. The molecule has 1 aromatic heterocycles. The molecule has 0 spiro atoms. The van der Waals surface area contributed by atoms with Gasteiger partial charge in [-0.3, -0.25) is 4.68 Å². The van der Waals surface area contributed by atoms with E-state index >= 15 is 0 Å². The number of hydrogen-bond acceptors (Lipinski definition) is 3. The molecule has 0 unspecified atom stereocenters. The van der Waals surface area contributed by atoms with Crippen molar-refractivity contribution < 1.29 is 18.3 Å². The van der Waals surface area contributed by atoms with Crippen LogP contribution in [0.1, 0.15) is 10.4 Å². The van der Waals surface area contributed by atoms with Crippen LogP contribution in [0.5, 0.6) is 0 Å². The Morgan fingerprint density at radius 1 is 1.29 bits per heavy atom. The Morgan fingerprint density at radius 2 is 2.08 bits per heavy atom. The fraction of sp³-hybridized carbons (Fsp3) is 0.176. The molecule has 3 aromatic rings. The highest BCUT2D eigenvalue weighted by Gasteiger charge is 2.17. The number of esters is 1. The average Bonchev–Trinajstić information content (AvgIpc) is 2.91. The lowest BCUT2D eigenvalue weighted by molar-refractivity contribution is 0.0601. The number of carbonyl (C=O) groups is 1. The number of carbonyl (C=O) groups excluding carboxylic acids is 1. The van der Waals surface area contributed by atoms with Crippen molar-refractivity contribution in [1.82, 2.24) is 9.78 Å². The summed E-state index contributed by atoms with van der Waals surface area (Å²) in [6, 6.07) is 11.6. The van der Waals surface area contributed by atoms with E-state index in [1.54, 1.807) is 36.4 Å². The zero-order chi connectivity index (χ0) is 17.3. The first-order chi connectivity index (χ1) is 11.5. The molecule has 2 aromatic carbocycles. The molecule has 0 amide bonds. The molecule has 4 nitrogen and oxygen atoms in total. The van der Waals surface area contributed by atoms with Crippen LogP contribution in [0.15, 0.2) is 42.5 Å². The van der Waals surface area contributed by atoms with Gasteiger partial charge in [-0.1, -0.05) is 23.7 Å². The van der Waals surface area contributed by atoms with Gasteiger partial charge in [-0.25, -0.2) is 13.6 Å². The van der Waals surface area contributed by atoms with Crippen LogP contribution in [0.3, 0.4) is 0 Å². The summed E-state index contributed by atoms with van der Waals surface area (Å²) >= 11 is 6.01. The van der Waals surface area contributed by atoms with Gasteiger partial charge in [0.1, 0.15) is 12.2 Å². The SMILES string of the molecule is COC(=O)c1ccc2c(c1)c(-c1cccc(Cl)c1)nn2CC(F)F.